The summed E-state index contributed by atoms with van der Waals surface area (Å²) in [6.07, 6.45) is -10.8. The van der Waals surface area contributed by atoms with E-state index in [1.807, 2.05) is 0 Å². The van der Waals surface area contributed by atoms with Gasteiger partial charge >= 0.3 is 12.4 Å². The van der Waals surface area contributed by atoms with E-state index in [0.29, 0.717) is 18.2 Å². The molecule has 4 nitrogen and oxygen atoms in total. The molecule has 0 aromatic heterocycles. The Morgan fingerprint density at radius 2 is 1.09 bits per heavy atom. The van der Waals surface area contributed by atoms with Gasteiger partial charge in [0.2, 0.25) is 0 Å². The molecule has 0 unspecified atom stereocenters. The van der Waals surface area contributed by atoms with Crippen LogP contribution in [0.15, 0.2) is 48.5 Å². The molecule has 0 fully saturated rings. The van der Waals surface area contributed by atoms with Gasteiger partial charge in [-0.3, -0.25) is 0 Å². The number of benzene rings is 3. The summed E-state index contributed by atoms with van der Waals surface area (Å²) in [5.74, 6) is -7.19. The Bertz CT molecular complexity index is 1160. The van der Waals surface area contributed by atoms with E-state index in [9.17, 15) is 35.1 Å². The Morgan fingerprint density at radius 1 is 0.594 bits per heavy atom. The largest absolute Gasteiger partial charge is 0.453 e. The average Bonchev–Trinajstić information content (AvgIpc) is 2.66. The SMILES string of the molecule is Nc1ccc(F)c(Oc2ccc(C(F)(F)F)c(Oc3cc(N)ccc3F)c2C(F)(F)F)c1. The van der Waals surface area contributed by atoms with Crippen LogP contribution in [0.4, 0.5) is 46.5 Å². The van der Waals surface area contributed by atoms with E-state index < -0.39 is 58.1 Å². The zero-order valence-electron chi connectivity index (χ0n) is 15.6. The lowest BCUT2D eigenvalue weighted by molar-refractivity contribution is -0.145. The summed E-state index contributed by atoms with van der Waals surface area (Å²) in [5.41, 5.74) is 6.70. The molecule has 0 aliphatic heterocycles. The van der Waals surface area contributed by atoms with Gasteiger partial charge in [0.1, 0.15) is 11.3 Å². The first-order valence-corrected chi connectivity index (χ1v) is 8.54. The molecule has 170 valence electrons. The molecule has 0 spiro atoms. The molecule has 0 saturated heterocycles. The van der Waals surface area contributed by atoms with Gasteiger partial charge in [-0.2, -0.15) is 26.3 Å². The molecular weight excluding hydrogens is 452 g/mol. The molecule has 0 heterocycles. The predicted molar refractivity (Wildman–Crippen MR) is 98.2 cm³/mol. The number of nitrogen functional groups attached to an aromatic ring is 2. The highest BCUT2D eigenvalue weighted by Crippen LogP contribution is 2.51. The van der Waals surface area contributed by atoms with Crippen LogP contribution in [0.3, 0.4) is 0 Å². The smallest absolute Gasteiger partial charge is 0.423 e. The van der Waals surface area contributed by atoms with E-state index in [4.69, 9.17) is 20.9 Å². The number of anilines is 2. The Morgan fingerprint density at radius 3 is 1.56 bits per heavy atom. The topological polar surface area (TPSA) is 70.5 Å². The third kappa shape index (κ3) is 4.79. The molecule has 0 radical (unpaired) electrons. The highest BCUT2D eigenvalue weighted by molar-refractivity contribution is 5.57. The van der Waals surface area contributed by atoms with Crippen molar-refractivity contribution in [3.8, 4) is 23.0 Å². The molecule has 3 aromatic rings. The van der Waals surface area contributed by atoms with E-state index in [2.05, 4.69) is 0 Å². The summed E-state index contributed by atoms with van der Waals surface area (Å²) in [6, 6.07) is 5.74. The second-order valence-corrected chi connectivity index (χ2v) is 6.39. The van der Waals surface area contributed by atoms with Crippen LogP contribution in [0.1, 0.15) is 11.1 Å². The normalized spacial score (nSPS) is 12.0. The lowest BCUT2D eigenvalue weighted by Crippen LogP contribution is -2.15. The van der Waals surface area contributed by atoms with Crippen LogP contribution in [0.25, 0.3) is 0 Å². The summed E-state index contributed by atoms with van der Waals surface area (Å²) in [7, 11) is 0. The number of nitrogens with two attached hydrogens (primary N) is 2. The molecule has 4 N–H and O–H groups in total. The van der Waals surface area contributed by atoms with Crippen molar-refractivity contribution in [2.75, 3.05) is 11.5 Å². The Labute approximate surface area is 175 Å². The quantitative estimate of drug-likeness (QED) is 0.331. The molecule has 0 aliphatic carbocycles. The molecule has 32 heavy (non-hydrogen) atoms. The molecule has 0 saturated carbocycles. The van der Waals surface area contributed by atoms with Crippen molar-refractivity contribution in [3.05, 3.63) is 71.3 Å². The molecular formula is C20H12F8N2O2. The van der Waals surface area contributed by atoms with E-state index in [-0.39, 0.29) is 17.4 Å². The van der Waals surface area contributed by atoms with E-state index in [1.165, 1.54) is 0 Å². The number of halogens is 8. The summed E-state index contributed by atoms with van der Waals surface area (Å²) in [5, 5.41) is 0. The molecule has 12 heteroatoms. The minimum Gasteiger partial charge on any atom is -0.453 e. The standard InChI is InChI=1S/C20H12F8N2O2/c21-12-4-1-9(29)7-15(12)31-14-6-3-11(19(23,24)25)18(17(14)20(26,27)28)32-16-8-10(30)2-5-13(16)22/h1-8H,29-30H2. The maximum absolute atomic E-state index is 14.0. The second-order valence-electron chi connectivity index (χ2n) is 6.39. The fraction of sp³-hybridized carbons (Fsp3) is 0.100. The zero-order valence-corrected chi connectivity index (χ0v) is 15.6. The van der Waals surface area contributed by atoms with Crippen LogP contribution < -0.4 is 20.9 Å². The zero-order chi connectivity index (χ0) is 23.8. The number of rotatable bonds is 4. The maximum Gasteiger partial charge on any atom is 0.423 e. The average molecular weight is 464 g/mol. The van der Waals surface area contributed by atoms with Gasteiger partial charge in [0.05, 0.1) is 5.56 Å². The minimum absolute atomic E-state index is 0.0832. The number of alkyl halides is 6. The first-order valence-electron chi connectivity index (χ1n) is 8.54. The van der Waals surface area contributed by atoms with Gasteiger partial charge in [-0.25, -0.2) is 8.78 Å². The van der Waals surface area contributed by atoms with E-state index >= 15 is 0 Å². The Balaban J connectivity index is 2.27. The highest BCUT2D eigenvalue weighted by Gasteiger charge is 2.45. The van der Waals surface area contributed by atoms with Crippen molar-refractivity contribution in [1.29, 1.82) is 0 Å². The van der Waals surface area contributed by atoms with Crippen LogP contribution in [-0.4, -0.2) is 0 Å². The van der Waals surface area contributed by atoms with Gasteiger partial charge in [-0.05, 0) is 36.4 Å². The van der Waals surface area contributed by atoms with Crippen molar-refractivity contribution in [2.24, 2.45) is 0 Å². The summed E-state index contributed by atoms with van der Waals surface area (Å²) >= 11 is 0. The van der Waals surface area contributed by atoms with E-state index in [1.54, 1.807) is 0 Å². The third-order valence-electron chi connectivity index (χ3n) is 4.05. The fourth-order valence-electron chi connectivity index (χ4n) is 2.67. The summed E-state index contributed by atoms with van der Waals surface area (Å²) < 4.78 is 120. The first kappa shape index (κ1) is 23.0. The highest BCUT2D eigenvalue weighted by atomic mass is 19.4. The molecule has 0 aliphatic rings. The Hall–Kier alpha value is -3.70. The van der Waals surface area contributed by atoms with Gasteiger partial charge < -0.3 is 20.9 Å². The van der Waals surface area contributed by atoms with Crippen molar-refractivity contribution < 1.29 is 44.6 Å². The van der Waals surface area contributed by atoms with Crippen molar-refractivity contribution in [3.63, 3.8) is 0 Å². The summed E-state index contributed by atoms with van der Waals surface area (Å²) in [6.45, 7) is 0. The van der Waals surface area contributed by atoms with E-state index in [0.717, 1.165) is 24.3 Å². The van der Waals surface area contributed by atoms with Gasteiger partial charge in [0.25, 0.3) is 0 Å². The van der Waals surface area contributed by atoms with Crippen molar-refractivity contribution in [1.82, 2.24) is 0 Å². The van der Waals surface area contributed by atoms with Crippen molar-refractivity contribution >= 4 is 11.4 Å². The second kappa shape index (κ2) is 8.09. The predicted octanol–water partition coefficient (Wildman–Crippen LogP) is 6.75. The first-order chi connectivity index (χ1) is 14.8. The van der Waals surface area contributed by atoms with Gasteiger partial charge in [0.15, 0.2) is 28.9 Å². The van der Waals surface area contributed by atoms with Crippen LogP contribution in [0.5, 0.6) is 23.0 Å². The summed E-state index contributed by atoms with van der Waals surface area (Å²) in [4.78, 5) is 0. The lowest BCUT2D eigenvalue weighted by Gasteiger charge is -2.22. The molecule has 3 rings (SSSR count). The number of hydrogen-bond donors (Lipinski definition) is 2. The maximum atomic E-state index is 14.0. The third-order valence-corrected chi connectivity index (χ3v) is 4.05. The monoisotopic (exact) mass is 464 g/mol. The van der Waals surface area contributed by atoms with Gasteiger partial charge in [-0.1, -0.05) is 0 Å². The Kier molecular flexibility index (Phi) is 5.81. The minimum atomic E-state index is -5.49. The van der Waals surface area contributed by atoms with Crippen molar-refractivity contribution in [2.45, 2.75) is 12.4 Å². The molecule has 3 aromatic carbocycles. The van der Waals surface area contributed by atoms with Crippen LogP contribution >= 0.6 is 0 Å². The molecule has 0 atom stereocenters. The van der Waals surface area contributed by atoms with Crippen LogP contribution in [0, 0.1) is 11.6 Å². The number of ether oxygens (including phenoxy) is 2. The molecule has 0 bridgehead atoms. The molecule has 0 amide bonds. The van der Waals surface area contributed by atoms with Crippen LogP contribution in [-0.2, 0) is 12.4 Å². The van der Waals surface area contributed by atoms with Gasteiger partial charge in [-0.15, -0.1) is 0 Å². The van der Waals surface area contributed by atoms with Gasteiger partial charge in [0, 0.05) is 23.5 Å². The lowest BCUT2D eigenvalue weighted by atomic mass is 10.1. The van der Waals surface area contributed by atoms with Crippen LogP contribution in [0.2, 0.25) is 0 Å². The number of hydrogen-bond acceptors (Lipinski definition) is 4. The fourth-order valence-corrected chi connectivity index (χ4v) is 2.67.